The first-order valence-corrected chi connectivity index (χ1v) is 12.1. The molecule has 13 nitrogen and oxygen atoms in total. The largest absolute Gasteiger partial charge is 0.453 e. The maximum Gasteiger partial charge on any atom is 0.277 e. The summed E-state index contributed by atoms with van der Waals surface area (Å²) >= 11 is 0. The van der Waals surface area contributed by atoms with Crippen LogP contribution >= 0.6 is 0 Å². The Kier molecular flexibility index (Phi) is 6.57. The van der Waals surface area contributed by atoms with Crippen LogP contribution in [-0.4, -0.2) is 81.2 Å². The number of nitrogen functional groups attached to an aromatic ring is 1. The third-order valence-corrected chi connectivity index (χ3v) is 6.65. The van der Waals surface area contributed by atoms with Crippen LogP contribution in [0.5, 0.6) is 11.5 Å². The fourth-order valence-electron chi connectivity index (χ4n) is 4.69. The van der Waals surface area contributed by atoms with Crippen LogP contribution < -0.4 is 20.5 Å². The standard InChI is InChI=1S/C25H28N8O5/c1-4-17(34)32-9-5-6-15(11-32)33-24-19(23(26)27-12-28-24)20(30-33)25(36)29-16-8-7-14(10-18(35)31(2)3)21-22(16)38-13-37-21/h4,7-8,12,15H,1,5-6,9-11,13H2,2-3H3,(H,29,36)(H2,26,27,28)/t15-/m1/s1. The van der Waals surface area contributed by atoms with Gasteiger partial charge in [0.25, 0.3) is 5.91 Å². The van der Waals surface area contributed by atoms with Crippen LogP contribution in [-0.2, 0) is 16.0 Å². The number of rotatable bonds is 6. The molecule has 3 aromatic rings. The number of fused-ring (bicyclic) bond motifs is 2. The molecule has 38 heavy (non-hydrogen) atoms. The molecule has 1 saturated heterocycles. The van der Waals surface area contributed by atoms with Gasteiger partial charge in [0, 0.05) is 32.7 Å². The Bertz CT molecular complexity index is 1450. The van der Waals surface area contributed by atoms with E-state index in [1.54, 1.807) is 35.8 Å². The second kappa shape index (κ2) is 10.00. The van der Waals surface area contributed by atoms with Crippen LogP contribution in [0.4, 0.5) is 11.5 Å². The van der Waals surface area contributed by atoms with Gasteiger partial charge in [-0.05, 0) is 25.0 Å². The minimum absolute atomic E-state index is 0.0364. The lowest BCUT2D eigenvalue weighted by Crippen LogP contribution is -2.40. The van der Waals surface area contributed by atoms with Gasteiger partial charge in [0.05, 0.1) is 23.5 Å². The second-order valence-electron chi connectivity index (χ2n) is 9.29. The van der Waals surface area contributed by atoms with E-state index in [2.05, 4.69) is 27.0 Å². The summed E-state index contributed by atoms with van der Waals surface area (Å²) in [5.74, 6) is 0.0586. The Morgan fingerprint density at radius 1 is 1.24 bits per heavy atom. The number of amides is 3. The van der Waals surface area contributed by atoms with Crippen molar-refractivity contribution in [1.82, 2.24) is 29.5 Å². The zero-order chi connectivity index (χ0) is 27.0. The van der Waals surface area contributed by atoms with Crippen molar-refractivity contribution in [3.05, 3.63) is 42.4 Å². The first kappa shape index (κ1) is 25.0. The molecule has 3 amide bonds. The maximum atomic E-state index is 13.5. The molecule has 1 aromatic carbocycles. The normalized spacial score (nSPS) is 16.4. The summed E-state index contributed by atoms with van der Waals surface area (Å²) < 4.78 is 12.9. The first-order chi connectivity index (χ1) is 18.3. The van der Waals surface area contributed by atoms with Gasteiger partial charge in [0.1, 0.15) is 12.1 Å². The molecule has 13 heteroatoms. The van der Waals surface area contributed by atoms with Crippen molar-refractivity contribution in [2.24, 2.45) is 0 Å². The van der Waals surface area contributed by atoms with Crippen LogP contribution in [0, 0.1) is 0 Å². The predicted molar refractivity (Wildman–Crippen MR) is 138 cm³/mol. The molecule has 0 radical (unpaired) electrons. The van der Waals surface area contributed by atoms with Crippen molar-refractivity contribution in [1.29, 1.82) is 0 Å². The van der Waals surface area contributed by atoms with Gasteiger partial charge in [-0.3, -0.25) is 14.4 Å². The number of likely N-dealkylation sites (N-methyl/N-ethyl adjacent to an activating group) is 1. The number of nitrogens with two attached hydrogens (primary N) is 1. The molecule has 198 valence electrons. The van der Waals surface area contributed by atoms with E-state index in [4.69, 9.17) is 15.2 Å². The van der Waals surface area contributed by atoms with E-state index in [1.165, 1.54) is 17.3 Å². The van der Waals surface area contributed by atoms with Crippen molar-refractivity contribution in [2.45, 2.75) is 25.3 Å². The lowest BCUT2D eigenvalue weighted by atomic mass is 10.1. The highest BCUT2D eigenvalue weighted by Crippen LogP contribution is 2.42. The number of hydrogen-bond acceptors (Lipinski definition) is 9. The van der Waals surface area contributed by atoms with Gasteiger partial charge in [-0.1, -0.05) is 12.6 Å². The molecule has 1 atom stereocenters. The molecule has 5 rings (SSSR count). The van der Waals surface area contributed by atoms with Crippen molar-refractivity contribution >= 4 is 40.3 Å². The Morgan fingerprint density at radius 2 is 2.03 bits per heavy atom. The van der Waals surface area contributed by atoms with E-state index in [9.17, 15) is 14.4 Å². The molecule has 0 saturated carbocycles. The van der Waals surface area contributed by atoms with Gasteiger partial charge in [-0.2, -0.15) is 5.10 Å². The number of nitrogens with one attached hydrogen (secondary N) is 1. The van der Waals surface area contributed by atoms with Gasteiger partial charge < -0.3 is 30.3 Å². The molecule has 3 N–H and O–H groups in total. The third-order valence-electron chi connectivity index (χ3n) is 6.65. The highest BCUT2D eigenvalue weighted by Gasteiger charge is 2.30. The fourth-order valence-corrected chi connectivity index (χ4v) is 4.69. The summed E-state index contributed by atoms with van der Waals surface area (Å²) in [6.07, 6.45) is 4.24. The Hall–Kier alpha value is -4.68. The van der Waals surface area contributed by atoms with E-state index in [1.807, 2.05) is 0 Å². The Balaban J connectivity index is 1.47. The van der Waals surface area contributed by atoms with Gasteiger partial charge in [-0.25, -0.2) is 14.6 Å². The van der Waals surface area contributed by atoms with E-state index in [0.29, 0.717) is 46.9 Å². The van der Waals surface area contributed by atoms with E-state index in [0.717, 1.165) is 12.8 Å². The van der Waals surface area contributed by atoms with Crippen LogP contribution in [0.1, 0.15) is 34.9 Å². The number of carbonyl (C=O) groups excluding carboxylic acids is 3. The lowest BCUT2D eigenvalue weighted by Gasteiger charge is -2.32. The molecular weight excluding hydrogens is 492 g/mol. The SMILES string of the molecule is C=CC(=O)N1CCC[C@@H](n2nc(C(=O)Nc3ccc(CC(=O)N(C)C)c4c3OCO4)c3c(N)ncnc32)C1. The number of likely N-dealkylation sites (tertiary alicyclic amines) is 1. The zero-order valence-electron chi connectivity index (χ0n) is 21.1. The number of benzene rings is 1. The van der Waals surface area contributed by atoms with Gasteiger partial charge in [0.15, 0.2) is 22.8 Å². The number of ether oxygens (including phenoxy) is 2. The Morgan fingerprint density at radius 3 is 2.79 bits per heavy atom. The predicted octanol–water partition coefficient (Wildman–Crippen LogP) is 1.37. The number of piperidine rings is 1. The second-order valence-corrected chi connectivity index (χ2v) is 9.29. The molecule has 1 fully saturated rings. The van der Waals surface area contributed by atoms with E-state index < -0.39 is 5.91 Å². The molecule has 0 aliphatic carbocycles. The molecule has 4 heterocycles. The summed E-state index contributed by atoms with van der Waals surface area (Å²) in [6, 6.07) is 3.16. The minimum Gasteiger partial charge on any atom is -0.453 e. The monoisotopic (exact) mass is 520 g/mol. The fraction of sp³-hybridized carbons (Fsp3) is 0.360. The van der Waals surface area contributed by atoms with Crippen LogP contribution in [0.3, 0.4) is 0 Å². The average Bonchev–Trinajstić information content (AvgIpc) is 3.56. The van der Waals surface area contributed by atoms with Gasteiger partial charge in [-0.15, -0.1) is 0 Å². The highest BCUT2D eigenvalue weighted by molar-refractivity contribution is 6.13. The van der Waals surface area contributed by atoms with Crippen molar-refractivity contribution in [3.63, 3.8) is 0 Å². The minimum atomic E-state index is -0.542. The van der Waals surface area contributed by atoms with Crippen LogP contribution in [0.2, 0.25) is 0 Å². The van der Waals surface area contributed by atoms with Crippen molar-refractivity contribution in [3.8, 4) is 11.5 Å². The molecule has 2 aliphatic rings. The first-order valence-electron chi connectivity index (χ1n) is 12.1. The van der Waals surface area contributed by atoms with Crippen LogP contribution in [0.25, 0.3) is 11.0 Å². The number of carbonyl (C=O) groups is 3. The molecular formula is C25H28N8O5. The third kappa shape index (κ3) is 4.46. The molecule has 0 bridgehead atoms. The van der Waals surface area contributed by atoms with Crippen molar-refractivity contribution < 1.29 is 23.9 Å². The van der Waals surface area contributed by atoms with Gasteiger partial charge in [0.2, 0.25) is 18.6 Å². The smallest absolute Gasteiger partial charge is 0.277 e. The van der Waals surface area contributed by atoms with E-state index >= 15 is 0 Å². The topological polar surface area (TPSA) is 158 Å². The van der Waals surface area contributed by atoms with Crippen molar-refractivity contribution in [2.75, 3.05) is 45.0 Å². The lowest BCUT2D eigenvalue weighted by molar-refractivity contribution is -0.128. The summed E-state index contributed by atoms with van der Waals surface area (Å²) in [5.41, 5.74) is 7.63. The van der Waals surface area contributed by atoms with Crippen LogP contribution in [0.15, 0.2) is 31.1 Å². The summed E-state index contributed by atoms with van der Waals surface area (Å²) in [4.78, 5) is 49.5. The number of hydrogen-bond donors (Lipinski definition) is 2. The molecule has 2 aliphatic heterocycles. The summed E-state index contributed by atoms with van der Waals surface area (Å²) in [7, 11) is 3.35. The zero-order valence-corrected chi connectivity index (χ0v) is 21.1. The molecule has 0 spiro atoms. The number of aromatic nitrogens is 4. The van der Waals surface area contributed by atoms with E-state index in [-0.39, 0.29) is 42.6 Å². The summed E-state index contributed by atoms with van der Waals surface area (Å²) in [6.45, 7) is 4.56. The average molecular weight is 521 g/mol. The summed E-state index contributed by atoms with van der Waals surface area (Å²) in [5, 5.41) is 7.74. The number of anilines is 2. The highest BCUT2D eigenvalue weighted by atomic mass is 16.7. The Labute approximate surface area is 218 Å². The number of nitrogens with zero attached hydrogens (tertiary/aromatic N) is 6. The maximum absolute atomic E-state index is 13.5. The van der Waals surface area contributed by atoms with Gasteiger partial charge >= 0.3 is 0 Å². The molecule has 0 unspecified atom stereocenters. The quantitative estimate of drug-likeness (QED) is 0.458. The molecule has 2 aromatic heterocycles.